The maximum atomic E-state index is 12.1. The van der Waals surface area contributed by atoms with E-state index in [2.05, 4.69) is 10.1 Å². The first kappa shape index (κ1) is 18.2. The number of anilines is 1. The molecule has 24 heavy (non-hydrogen) atoms. The van der Waals surface area contributed by atoms with Crippen LogP contribution in [0.5, 0.6) is 5.75 Å². The van der Waals surface area contributed by atoms with Crippen LogP contribution in [-0.4, -0.2) is 25.1 Å². The van der Waals surface area contributed by atoms with Crippen LogP contribution in [0.1, 0.15) is 14.5 Å². The maximum absolute atomic E-state index is 12.1. The molecule has 0 saturated heterocycles. The van der Waals surface area contributed by atoms with Crippen LogP contribution in [0, 0.1) is 6.92 Å². The van der Waals surface area contributed by atoms with Gasteiger partial charge in [0.2, 0.25) is 0 Å². The molecule has 5 nitrogen and oxygen atoms in total. The lowest BCUT2D eigenvalue weighted by atomic mass is 10.3. The zero-order valence-corrected chi connectivity index (χ0v) is 13.9. The van der Waals surface area contributed by atoms with Gasteiger partial charge in [-0.3, -0.25) is 4.79 Å². The Bertz CT molecular complexity index is 751. The van der Waals surface area contributed by atoms with Gasteiger partial charge in [0.05, 0.1) is 5.02 Å². The van der Waals surface area contributed by atoms with E-state index >= 15 is 0 Å². The van der Waals surface area contributed by atoms with Crippen molar-refractivity contribution in [2.24, 2.45) is 0 Å². The minimum Gasteiger partial charge on any atom is -0.451 e. The fourth-order valence-corrected chi connectivity index (χ4v) is 2.70. The molecule has 1 aromatic heterocycles. The second kappa shape index (κ2) is 8.07. The van der Waals surface area contributed by atoms with Gasteiger partial charge in [-0.25, -0.2) is 4.79 Å². The van der Waals surface area contributed by atoms with Gasteiger partial charge in [0.15, 0.2) is 6.61 Å². The first-order valence-corrected chi connectivity index (χ1v) is 7.82. The molecule has 1 amide bonds. The molecule has 1 N–H and O–H groups in total. The van der Waals surface area contributed by atoms with Gasteiger partial charge in [0, 0.05) is 10.6 Å². The Hall–Kier alpha value is -2.19. The van der Waals surface area contributed by atoms with Crippen molar-refractivity contribution in [3.05, 3.63) is 45.1 Å². The highest BCUT2D eigenvalue weighted by Gasteiger charge is 2.13. The molecule has 0 unspecified atom stereocenters. The number of alkyl halides is 2. The zero-order valence-electron chi connectivity index (χ0n) is 12.3. The van der Waals surface area contributed by atoms with Gasteiger partial charge in [0.25, 0.3) is 5.91 Å². The molecule has 1 aromatic carbocycles. The average Bonchev–Trinajstić information content (AvgIpc) is 2.94. The van der Waals surface area contributed by atoms with E-state index in [1.807, 2.05) is 6.92 Å². The summed E-state index contributed by atoms with van der Waals surface area (Å²) in [5, 5.41) is 2.35. The number of hydrogen-bond donors (Lipinski definition) is 1. The van der Waals surface area contributed by atoms with Crippen molar-refractivity contribution in [3.63, 3.8) is 0 Å². The van der Waals surface area contributed by atoms with Gasteiger partial charge in [0.1, 0.15) is 10.6 Å². The molecule has 0 fully saturated rings. The lowest BCUT2D eigenvalue weighted by molar-refractivity contribution is -0.119. The molecule has 0 aliphatic heterocycles. The third-order valence-electron chi connectivity index (χ3n) is 2.71. The lowest BCUT2D eigenvalue weighted by Crippen LogP contribution is -2.20. The Kier molecular flexibility index (Phi) is 6.10. The number of rotatable bonds is 6. The van der Waals surface area contributed by atoms with Crippen LogP contribution in [0.25, 0.3) is 0 Å². The highest BCUT2D eigenvalue weighted by atomic mass is 35.5. The van der Waals surface area contributed by atoms with Crippen LogP contribution in [0.3, 0.4) is 0 Å². The topological polar surface area (TPSA) is 64.6 Å². The summed E-state index contributed by atoms with van der Waals surface area (Å²) < 4.78 is 33.3. The molecule has 0 bridgehead atoms. The number of hydrogen-bond acceptors (Lipinski definition) is 5. The Labute approximate surface area is 145 Å². The minimum atomic E-state index is -3.00. The highest BCUT2D eigenvalue weighted by molar-refractivity contribution is 7.13. The fourth-order valence-electron chi connectivity index (χ4n) is 1.71. The number of aryl methyl sites for hydroxylation is 1. The van der Waals surface area contributed by atoms with E-state index in [4.69, 9.17) is 16.3 Å². The average molecular weight is 376 g/mol. The van der Waals surface area contributed by atoms with E-state index in [-0.39, 0.29) is 16.5 Å². The molecule has 0 saturated carbocycles. The van der Waals surface area contributed by atoms with Gasteiger partial charge >= 0.3 is 12.6 Å². The molecule has 2 rings (SSSR count). The molecule has 1 heterocycles. The van der Waals surface area contributed by atoms with E-state index in [1.54, 1.807) is 12.1 Å². The Balaban J connectivity index is 1.88. The number of thiophene rings is 1. The smallest absolute Gasteiger partial charge is 0.387 e. The Morgan fingerprint density at radius 3 is 2.62 bits per heavy atom. The molecule has 0 atom stereocenters. The molecule has 2 aromatic rings. The SMILES string of the molecule is Cc1ccc(C(=O)OCC(=O)Nc2ccc(OC(F)F)c(Cl)c2)s1. The second-order valence-electron chi connectivity index (χ2n) is 4.56. The number of halogens is 3. The quantitative estimate of drug-likeness (QED) is 0.772. The number of benzene rings is 1. The number of ether oxygens (including phenoxy) is 2. The van der Waals surface area contributed by atoms with Crippen LogP contribution in [0.15, 0.2) is 30.3 Å². The molecule has 128 valence electrons. The van der Waals surface area contributed by atoms with Gasteiger partial charge in [-0.2, -0.15) is 8.78 Å². The molecule has 0 radical (unpaired) electrons. The Morgan fingerprint density at radius 1 is 1.29 bits per heavy atom. The molecular formula is C15H12ClF2NO4S. The highest BCUT2D eigenvalue weighted by Crippen LogP contribution is 2.28. The van der Waals surface area contributed by atoms with Gasteiger partial charge in [-0.1, -0.05) is 11.6 Å². The summed E-state index contributed by atoms with van der Waals surface area (Å²) in [6, 6.07) is 7.17. The Morgan fingerprint density at radius 2 is 2.04 bits per heavy atom. The van der Waals surface area contributed by atoms with Crippen molar-refractivity contribution < 1.29 is 27.8 Å². The predicted octanol–water partition coefficient (Wildman–Crippen LogP) is 4.11. The summed E-state index contributed by atoms with van der Waals surface area (Å²) in [6.45, 7) is -1.63. The number of esters is 1. The summed E-state index contributed by atoms with van der Waals surface area (Å²) in [6.07, 6.45) is 0. The lowest BCUT2D eigenvalue weighted by Gasteiger charge is -2.09. The molecule has 9 heteroatoms. The van der Waals surface area contributed by atoms with E-state index in [0.29, 0.717) is 4.88 Å². The maximum Gasteiger partial charge on any atom is 0.387 e. The zero-order chi connectivity index (χ0) is 17.7. The summed E-state index contributed by atoms with van der Waals surface area (Å²) in [5.74, 6) is -1.39. The molecular weight excluding hydrogens is 364 g/mol. The number of carbonyl (C=O) groups is 2. The summed E-state index contributed by atoms with van der Waals surface area (Å²) in [4.78, 5) is 24.8. The van der Waals surface area contributed by atoms with Crippen LogP contribution in [0.4, 0.5) is 14.5 Å². The first-order valence-electron chi connectivity index (χ1n) is 6.63. The van der Waals surface area contributed by atoms with Gasteiger partial charge < -0.3 is 14.8 Å². The van der Waals surface area contributed by atoms with E-state index in [9.17, 15) is 18.4 Å². The molecule has 0 aliphatic rings. The van der Waals surface area contributed by atoms with Crippen molar-refractivity contribution in [3.8, 4) is 5.75 Å². The van der Waals surface area contributed by atoms with Crippen molar-refractivity contribution in [2.75, 3.05) is 11.9 Å². The van der Waals surface area contributed by atoms with E-state index < -0.39 is 25.1 Å². The van der Waals surface area contributed by atoms with Crippen LogP contribution < -0.4 is 10.1 Å². The number of carbonyl (C=O) groups excluding carboxylic acids is 2. The minimum absolute atomic E-state index is 0.0841. The summed E-state index contributed by atoms with van der Waals surface area (Å²) >= 11 is 7.03. The van der Waals surface area contributed by atoms with E-state index in [1.165, 1.54) is 29.5 Å². The molecule has 0 spiro atoms. The largest absolute Gasteiger partial charge is 0.451 e. The summed E-state index contributed by atoms with van der Waals surface area (Å²) in [5.41, 5.74) is 0.259. The van der Waals surface area contributed by atoms with Crippen LogP contribution in [0.2, 0.25) is 5.02 Å². The van der Waals surface area contributed by atoms with Crippen molar-refractivity contribution in [2.45, 2.75) is 13.5 Å². The fraction of sp³-hybridized carbons (Fsp3) is 0.200. The monoisotopic (exact) mass is 375 g/mol. The van der Waals surface area contributed by atoms with Crippen molar-refractivity contribution in [1.82, 2.24) is 0 Å². The van der Waals surface area contributed by atoms with Crippen molar-refractivity contribution >= 4 is 40.5 Å². The third kappa shape index (κ3) is 5.17. The number of nitrogens with one attached hydrogen (secondary N) is 1. The summed E-state index contributed by atoms with van der Waals surface area (Å²) in [7, 11) is 0. The second-order valence-corrected chi connectivity index (χ2v) is 6.25. The normalized spacial score (nSPS) is 10.5. The standard InChI is InChI=1S/C15H12ClF2NO4S/c1-8-2-5-12(24-8)14(21)22-7-13(20)19-9-3-4-11(10(16)6-9)23-15(17)18/h2-6,15H,7H2,1H3,(H,19,20). The molecule has 0 aliphatic carbocycles. The van der Waals surface area contributed by atoms with Crippen molar-refractivity contribution in [1.29, 1.82) is 0 Å². The van der Waals surface area contributed by atoms with Gasteiger partial charge in [-0.05, 0) is 37.3 Å². The third-order valence-corrected chi connectivity index (χ3v) is 3.98. The number of amides is 1. The van der Waals surface area contributed by atoms with Crippen LogP contribution >= 0.6 is 22.9 Å². The first-order chi connectivity index (χ1) is 11.3. The predicted molar refractivity (Wildman–Crippen MR) is 86.1 cm³/mol. The van der Waals surface area contributed by atoms with Crippen LogP contribution in [-0.2, 0) is 9.53 Å². The van der Waals surface area contributed by atoms with Gasteiger partial charge in [-0.15, -0.1) is 11.3 Å². The van der Waals surface area contributed by atoms with E-state index in [0.717, 1.165) is 4.88 Å².